The minimum atomic E-state index is -0.829. The second-order valence-corrected chi connectivity index (χ2v) is 9.50. The molecule has 3 fully saturated rings. The number of carbonyl (C=O) groups excluding carboxylic acids is 1. The zero-order chi connectivity index (χ0) is 18.6. The van der Waals surface area contributed by atoms with Crippen LogP contribution in [0.1, 0.15) is 73.1 Å². The molecule has 0 aliphatic heterocycles. The number of aliphatic carboxylic acids is 1. The summed E-state index contributed by atoms with van der Waals surface area (Å²) in [6, 6.07) is 0. The van der Waals surface area contributed by atoms with Gasteiger partial charge in [-0.3, -0.25) is 9.59 Å². The molecule has 4 heteroatoms. The average molecular weight is 350 g/mol. The predicted octanol–water partition coefficient (Wildman–Crippen LogP) is 4.52. The van der Waals surface area contributed by atoms with E-state index in [0.29, 0.717) is 5.92 Å². The van der Waals surface area contributed by atoms with Crippen molar-refractivity contribution in [3.05, 3.63) is 0 Å². The number of carboxylic acid groups (broad SMARTS) is 1. The van der Waals surface area contributed by atoms with Crippen molar-refractivity contribution in [2.75, 3.05) is 0 Å². The summed E-state index contributed by atoms with van der Waals surface area (Å²) in [5.74, 6) is -1.29. The van der Waals surface area contributed by atoms with Crippen molar-refractivity contribution in [2.45, 2.75) is 79.2 Å². The lowest BCUT2D eigenvalue weighted by molar-refractivity contribution is -0.169. The lowest BCUT2D eigenvalue weighted by Crippen LogP contribution is -2.41. The number of ether oxygens (including phenoxy) is 1. The molecule has 0 spiro atoms. The van der Waals surface area contributed by atoms with E-state index in [1.165, 1.54) is 6.42 Å². The van der Waals surface area contributed by atoms with Gasteiger partial charge in [0.05, 0.1) is 11.8 Å². The molecule has 2 bridgehead atoms. The van der Waals surface area contributed by atoms with Crippen molar-refractivity contribution in [3.8, 4) is 0 Å². The zero-order valence-electron chi connectivity index (χ0n) is 16.4. The number of fused-ring (bicyclic) bond motifs is 2. The zero-order valence-corrected chi connectivity index (χ0v) is 16.4. The summed E-state index contributed by atoms with van der Waals surface area (Å²) in [4.78, 5) is 25.0. The SMILES string of the molecule is CCC1CC(CC)C(C(=O)OC2CC3CCC2(C)C3(C)C)C1C(=O)O. The van der Waals surface area contributed by atoms with Gasteiger partial charge in [0.15, 0.2) is 0 Å². The van der Waals surface area contributed by atoms with Crippen LogP contribution >= 0.6 is 0 Å². The van der Waals surface area contributed by atoms with Gasteiger partial charge in [-0.2, -0.15) is 0 Å². The Bertz CT molecular complexity index is 554. The van der Waals surface area contributed by atoms with Gasteiger partial charge in [0, 0.05) is 5.41 Å². The van der Waals surface area contributed by atoms with E-state index < -0.39 is 17.8 Å². The number of carbonyl (C=O) groups is 2. The third kappa shape index (κ3) is 2.62. The van der Waals surface area contributed by atoms with Gasteiger partial charge >= 0.3 is 11.9 Å². The first kappa shape index (κ1) is 18.7. The molecule has 4 nitrogen and oxygen atoms in total. The van der Waals surface area contributed by atoms with E-state index in [4.69, 9.17) is 4.74 Å². The van der Waals surface area contributed by atoms with Gasteiger partial charge in [-0.1, -0.05) is 47.5 Å². The molecule has 0 amide bonds. The molecule has 3 saturated carbocycles. The summed E-state index contributed by atoms with van der Waals surface area (Å²) in [6.07, 6.45) is 5.69. The first-order chi connectivity index (χ1) is 11.7. The molecule has 1 N–H and O–H groups in total. The molecule has 0 saturated heterocycles. The maximum absolute atomic E-state index is 13.1. The molecule has 0 aromatic heterocycles. The van der Waals surface area contributed by atoms with E-state index >= 15 is 0 Å². The lowest BCUT2D eigenvalue weighted by atomic mass is 9.70. The fraction of sp³-hybridized carbons (Fsp3) is 0.905. The number of esters is 1. The van der Waals surface area contributed by atoms with Gasteiger partial charge in [-0.15, -0.1) is 0 Å². The minimum Gasteiger partial charge on any atom is -0.481 e. The van der Waals surface area contributed by atoms with Crippen LogP contribution in [0.4, 0.5) is 0 Å². The molecule has 142 valence electrons. The summed E-state index contributed by atoms with van der Waals surface area (Å²) < 4.78 is 6.07. The van der Waals surface area contributed by atoms with Gasteiger partial charge in [-0.05, 0) is 48.9 Å². The highest BCUT2D eigenvalue weighted by molar-refractivity contribution is 5.82. The average Bonchev–Trinajstić information content (AvgIpc) is 3.10. The summed E-state index contributed by atoms with van der Waals surface area (Å²) in [6.45, 7) is 10.9. The van der Waals surface area contributed by atoms with Crippen molar-refractivity contribution < 1.29 is 19.4 Å². The quantitative estimate of drug-likeness (QED) is 0.741. The van der Waals surface area contributed by atoms with Gasteiger partial charge in [-0.25, -0.2) is 0 Å². The normalized spacial score (nSPS) is 44.8. The van der Waals surface area contributed by atoms with Crippen molar-refractivity contribution in [1.82, 2.24) is 0 Å². The fourth-order valence-corrected chi connectivity index (χ4v) is 6.33. The topological polar surface area (TPSA) is 63.6 Å². The molecular weight excluding hydrogens is 316 g/mol. The van der Waals surface area contributed by atoms with Crippen LogP contribution in [0.2, 0.25) is 0 Å². The molecular formula is C21H34O4. The molecule has 7 unspecified atom stereocenters. The molecule has 3 aliphatic rings. The van der Waals surface area contributed by atoms with E-state index in [9.17, 15) is 14.7 Å². The van der Waals surface area contributed by atoms with Gasteiger partial charge in [0.1, 0.15) is 6.10 Å². The Kier molecular flexibility index (Phi) is 4.70. The van der Waals surface area contributed by atoms with Crippen LogP contribution in [-0.2, 0) is 14.3 Å². The molecule has 25 heavy (non-hydrogen) atoms. The van der Waals surface area contributed by atoms with E-state index in [1.54, 1.807) is 0 Å². The van der Waals surface area contributed by atoms with Crippen molar-refractivity contribution >= 4 is 11.9 Å². The maximum Gasteiger partial charge on any atom is 0.310 e. The van der Waals surface area contributed by atoms with Crippen LogP contribution < -0.4 is 0 Å². The van der Waals surface area contributed by atoms with Crippen molar-refractivity contribution in [3.63, 3.8) is 0 Å². The second-order valence-electron chi connectivity index (χ2n) is 9.50. The smallest absolute Gasteiger partial charge is 0.310 e. The maximum atomic E-state index is 13.1. The van der Waals surface area contributed by atoms with E-state index in [0.717, 1.165) is 32.1 Å². The molecule has 3 rings (SSSR count). The summed E-state index contributed by atoms with van der Waals surface area (Å²) in [5, 5.41) is 9.74. The lowest BCUT2D eigenvalue weighted by Gasteiger charge is -2.39. The number of carboxylic acids is 1. The van der Waals surface area contributed by atoms with Crippen LogP contribution in [0.3, 0.4) is 0 Å². The van der Waals surface area contributed by atoms with E-state index in [1.807, 2.05) is 6.92 Å². The first-order valence-corrected chi connectivity index (χ1v) is 10.1. The summed E-state index contributed by atoms with van der Waals surface area (Å²) in [7, 11) is 0. The molecule has 0 heterocycles. The Labute approximate surface area is 151 Å². The predicted molar refractivity (Wildman–Crippen MR) is 95.9 cm³/mol. The largest absolute Gasteiger partial charge is 0.481 e. The van der Waals surface area contributed by atoms with Gasteiger partial charge in [0.2, 0.25) is 0 Å². The Morgan fingerprint density at radius 3 is 2.08 bits per heavy atom. The molecule has 3 aliphatic carbocycles. The van der Waals surface area contributed by atoms with Crippen LogP contribution in [0.5, 0.6) is 0 Å². The Hall–Kier alpha value is -1.06. The molecule has 0 radical (unpaired) electrons. The van der Waals surface area contributed by atoms with Crippen molar-refractivity contribution in [1.29, 1.82) is 0 Å². The number of hydrogen-bond acceptors (Lipinski definition) is 3. The van der Waals surface area contributed by atoms with Gasteiger partial charge in [0.25, 0.3) is 0 Å². The van der Waals surface area contributed by atoms with Crippen molar-refractivity contribution in [2.24, 2.45) is 40.4 Å². The number of rotatable bonds is 5. The highest BCUT2D eigenvalue weighted by Gasteiger charge is 2.63. The highest BCUT2D eigenvalue weighted by atomic mass is 16.5. The second kappa shape index (κ2) is 6.28. The third-order valence-electron chi connectivity index (χ3n) is 8.59. The Morgan fingerprint density at radius 1 is 1.04 bits per heavy atom. The van der Waals surface area contributed by atoms with Gasteiger partial charge < -0.3 is 9.84 Å². The molecule has 0 aromatic rings. The standard InChI is InChI=1S/C21H34O4/c1-6-12-10-13(7-2)17(16(12)18(22)23)19(24)25-15-11-14-8-9-21(15,5)20(14,3)4/h12-17H,6-11H2,1-5H3,(H,22,23). The van der Waals surface area contributed by atoms with E-state index in [2.05, 4.69) is 27.7 Å². The summed E-state index contributed by atoms with van der Waals surface area (Å²) >= 11 is 0. The monoisotopic (exact) mass is 350 g/mol. The van der Waals surface area contributed by atoms with Crippen LogP contribution in [0.25, 0.3) is 0 Å². The van der Waals surface area contributed by atoms with Crippen LogP contribution in [-0.4, -0.2) is 23.1 Å². The molecule has 0 aromatic carbocycles. The number of hydrogen-bond donors (Lipinski definition) is 1. The highest BCUT2D eigenvalue weighted by Crippen LogP contribution is 2.66. The Balaban J connectivity index is 1.79. The fourth-order valence-electron chi connectivity index (χ4n) is 6.33. The Morgan fingerprint density at radius 2 is 1.64 bits per heavy atom. The van der Waals surface area contributed by atoms with Crippen LogP contribution in [0, 0.1) is 40.4 Å². The summed E-state index contributed by atoms with van der Waals surface area (Å²) in [5.41, 5.74) is 0.215. The first-order valence-electron chi connectivity index (χ1n) is 10.1. The third-order valence-corrected chi connectivity index (χ3v) is 8.59. The van der Waals surface area contributed by atoms with E-state index in [-0.39, 0.29) is 34.7 Å². The molecule has 7 atom stereocenters. The van der Waals surface area contributed by atoms with Crippen LogP contribution in [0.15, 0.2) is 0 Å². The minimum absolute atomic E-state index is 0.0243.